The van der Waals surface area contributed by atoms with E-state index in [0.717, 1.165) is 5.39 Å². The van der Waals surface area contributed by atoms with Gasteiger partial charge >= 0.3 is 0 Å². The van der Waals surface area contributed by atoms with E-state index in [9.17, 15) is 5.11 Å². The number of hydrogen-bond acceptors (Lipinski definition) is 5. The second-order valence-electron chi connectivity index (χ2n) is 4.58. The Hall–Kier alpha value is -2.84. The summed E-state index contributed by atoms with van der Waals surface area (Å²) in [5.74, 6) is 0.797. The summed E-state index contributed by atoms with van der Waals surface area (Å²) in [6, 6.07) is 12.6. The molecule has 21 heavy (non-hydrogen) atoms. The minimum Gasteiger partial charge on any atom is -0.442 e. The van der Waals surface area contributed by atoms with Crippen LogP contribution in [0.1, 0.15) is 24.4 Å². The van der Waals surface area contributed by atoms with Gasteiger partial charge in [0.2, 0.25) is 11.6 Å². The first kappa shape index (κ1) is 13.2. The molecule has 0 amide bonds. The number of para-hydroxylation sites is 1. The molecule has 2 heterocycles. The fraction of sp³-hybridized carbons (Fsp3) is 0.125. The number of fused-ring (bicyclic) bond motifs is 1. The Bertz CT molecular complexity index is 814. The summed E-state index contributed by atoms with van der Waals surface area (Å²) in [6.45, 7) is 1.66. The average Bonchev–Trinajstić information content (AvgIpc) is 2.86. The topological polar surface area (TPSA) is 79.3 Å². The van der Waals surface area contributed by atoms with Gasteiger partial charge in [0.1, 0.15) is 11.7 Å². The number of hydrogen-bond donors (Lipinski definition) is 1. The standard InChI is InChI=1S/C16H12N2O3/c1-10(19)11-6-7-15(18-9-11)21-16-12-4-2-3-5-13(12)20-14(16)8-17/h2-7,9-10,19H,1H3/t10-/m1/s1. The molecule has 1 N–H and O–H groups in total. The zero-order valence-corrected chi connectivity index (χ0v) is 11.3. The largest absolute Gasteiger partial charge is 0.442 e. The van der Waals surface area contributed by atoms with Gasteiger partial charge in [-0.05, 0) is 30.7 Å². The Morgan fingerprint density at radius 1 is 1.29 bits per heavy atom. The van der Waals surface area contributed by atoms with Crippen LogP contribution in [0.5, 0.6) is 11.6 Å². The van der Waals surface area contributed by atoms with Gasteiger partial charge in [-0.15, -0.1) is 0 Å². The minimum atomic E-state index is -0.587. The Balaban J connectivity index is 1.99. The van der Waals surface area contributed by atoms with E-state index < -0.39 is 6.10 Å². The molecule has 0 saturated carbocycles. The smallest absolute Gasteiger partial charge is 0.247 e. The van der Waals surface area contributed by atoms with Crippen molar-refractivity contribution < 1.29 is 14.3 Å². The van der Waals surface area contributed by atoms with E-state index >= 15 is 0 Å². The van der Waals surface area contributed by atoms with Crippen LogP contribution in [0.3, 0.4) is 0 Å². The maximum Gasteiger partial charge on any atom is 0.247 e. The lowest BCUT2D eigenvalue weighted by molar-refractivity contribution is 0.198. The molecule has 3 aromatic rings. The van der Waals surface area contributed by atoms with Crippen molar-refractivity contribution in [2.45, 2.75) is 13.0 Å². The van der Waals surface area contributed by atoms with Crippen LogP contribution < -0.4 is 4.74 Å². The van der Waals surface area contributed by atoms with Crippen molar-refractivity contribution in [3.63, 3.8) is 0 Å². The van der Waals surface area contributed by atoms with Crippen LogP contribution in [0.4, 0.5) is 0 Å². The second kappa shape index (κ2) is 5.27. The van der Waals surface area contributed by atoms with Crippen LogP contribution in [0.2, 0.25) is 0 Å². The predicted octanol–water partition coefficient (Wildman–Crippen LogP) is 3.55. The molecule has 3 rings (SSSR count). The zero-order valence-electron chi connectivity index (χ0n) is 11.3. The molecule has 0 bridgehead atoms. The van der Waals surface area contributed by atoms with Crippen LogP contribution in [0, 0.1) is 11.3 Å². The number of nitriles is 1. The van der Waals surface area contributed by atoms with Crippen molar-refractivity contribution in [1.82, 2.24) is 4.98 Å². The molecule has 0 spiro atoms. The lowest BCUT2D eigenvalue weighted by Gasteiger charge is -2.06. The van der Waals surface area contributed by atoms with E-state index in [1.807, 2.05) is 24.3 Å². The quantitative estimate of drug-likeness (QED) is 0.793. The van der Waals surface area contributed by atoms with Crippen LogP contribution in [0.15, 0.2) is 47.0 Å². The number of rotatable bonds is 3. The van der Waals surface area contributed by atoms with Gasteiger partial charge in [0.15, 0.2) is 5.75 Å². The highest BCUT2D eigenvalue weighted by Crippen LogP contribution is 2.35. The molecule has 5 nitrogen and oxygen atoms in total. The maximum atomic E-state index is 9.46. The predicted molar refractivity (Wildman–Crippen MR) is 75.9 cm³/mol. The Morgan fingerprint density at radius 2 is 2.10 bits per heavy atom. The zero-order chi connectivity index (χ0) is 14.8. The van der Waals surface area contributed by atoms with E-state index in [2.05, 4.69) is 4.98 Å². The van der Waals surface area contributed by atoms with E-state index in [1.54, 1.807) is 25.1 Å². The average molecular weight is 280 g/mol. The maximum absolute atomic E-state index is 9.46. The monoisotopic (exact) mass is 280 g/mol. The summed E-state index contributed by atoms with van der Waals surface area (Å²) in [6.07, 6.45) is 0.949. The molecule has 0 unspecified atom stereocenters. The summed E-state index contributed by atoms with van der Waals surface area (Å²) >= 11 is 0. The summed E-state index contributed by atoms with van der Waals surface area (Å²) in [5, 5.41) is 19.3. The second-order valence-corrected chi connectivity index (χ2v) is 4.58. The number of ether oxygens (including phenoxy) is 1. The molecule has 0 radical (unpaired) electrons. The molecule has 5 heteroatoms. The number of pyridine rings is 1. The molecule has 1 aromatic carbocycles. The molecular weight excluding hydrogens is 268 g/mol. The van der Waals surface area contributed by atoms with Gasteiger partial charge in [0.05, 0.1) is 11.5 Å². The van der Waals surface area contributed by atoms with Crippen molar-refractivity contribution in [3.05, 3.63) is 53.9 Å². The Labute approximate surface area is 121 Å². The number of aliphatic hydroxyl groups excluding tert-OH is 1. The van der Waals surface area contributed by atoms with Gasteiger partial charge in [0.25, 0.3) is 0 Å². The van der Waals surface area contributed by atoms with Crippen LogP contribution in [0.25, 0.3) is 11.0 Å². The van der Waals surface area contributed by atoms with E-state index in [-0.39, 0.29) is 5.76 Å². The van der Waals surface area contributed by atoms with Crippen molar-refractivity contribution in [2.24, 2.45) is 0 Å². The van der Waals surface area contributed by atoms with Gasteiger partial charge in [-0.2, -0.15) is 5.26 Å². The summed E-state index contributed by atoms with van der Waals surface area (Å²) in [7, 11) is 0. The van der Waals surface area contributed by atoms with Gasteiger partial charge in [0, 0.05) is 12.3 Å². The first-order valence-corrected chi connectivity index (χ1v) is 6.42. The SMILES string of the molecule is C[C@@H](O)c1ccc(Oc2c(C#N)oc3ccccc23)nc1. The Morgan fingerprint density at radius 3 is 2.76 bits per heavy atom. The molecular formula is C16H12N2O3. The molecule has 1 atom stereocenters. The van der Waals surface area contributed by atoms with Crippen molar-refractivity contribution in [3.8, 4) is 17.7 Å². The van der Waals surface area contributed by atoms with Crippen molar-refractivity contribution in [2.75, 3.05) is 0 Å². The molecule has 0 aliphatic rings. The van der Waals surface area contributed by atoms with E-state index in [1.165, 1.54) is 6.20 Å². The van der Waals surface area contributed by atoms with Gasteiger partial charge in [-0.25, -0.2) is 4.98 Å². The van der Waals surface area contributed by atoms with Crippen molar-refractivity contribution in [1.29, 1.82) is 5.26 Å². The highest BCUT2D eigenvalue weighted by molar-refractivity contribution is 5.86. The minimum absolute atomic E-state index is 0.109. The molecule has 104 valence electrons. The first-order valence-electron chi connectivity index (χ1n) is 6.42. The number of furan rings is 1. The van der Waals surface area contributed by atoms with Crippen LogP contribution in [-0.2, 0) is 0 Å². The third-order valence-electron chi connectivity index (χ3n) is 3.10. The van der Waals surface area contributed by atoms with Crippen LogP contribution in [-0.4, -0.2) is 10.1 Å². The van der Waals surface area contributed by atoms with Crippen molar-refractivity contribution >= 4 is 11.0 Å². The first-order chi connectivity index (χ1) is 10.2. The highest BCUT2D eigenvalue weighted by atomic mass is 16.5. The summed E-state index contributed by atoms with van der Waals surface area (Å²) in [4.78, 5) is 4.12. The normalized spacial score (nSPS) is 12.0. The van der Waals surface area contributed by atoms with E-state index in [0.29, 0.717) is 22.8 Å². The Kier molecular flexibility index (Phi) is 3.30. The number of aromatic nitrogens is 1. The van der Waals surface area contributed by atoms with Crippen LogP contribution >= 0.6 is 0 Å². The van der Waals surface area contributed by atoms with Gasteiger partial charge in [-0.3, -0.25) is 0 Å². The molecule has 0 aliphatic carbocycles. The third kappa shape index (κ3) is 2.45. The summed E-state index contributed by atoms with van der Waals surface area (Å²) < 4.78 is 11.1. The molecule has 0 saturated heterocycles. The fourth-order valence-electron chi connectivity index (χ4n) is 2.00. The number of benzene rings is 1. The summed E-state index contributed by atoms with van der Waals surface area (Å²) in [5.41, 5.74) is 1.28. The van der Waals surface area contributed by atoms with Gasteiger partial charge < -0.3 is 14.3 Å². The van der Waals surface area contributed by atoms with Gasteiger partial charge in [-0.1, -0.05) is 12.1 Å². The lowest BCUT2D eigenvalue weighted by Crippen LogP contribution is -1.94. The fourth-order valence-corrected chi connectivity index (χ4v) is 2.00. The molecule has 2 aromatic heterocycles. The molecule has 0 aliphatic heterocycles. The highest BCUT2D eigenvalue weighted by Gasteiger charge is 2.16. The number of aliphatic hydroxyl groups is 1. The van der Waals surface area contributed by atoms with E-state index in [4.69, 9.17) is 14.4 Å². The lowest BCUT2D eigenvalue weighted by atomic mass is 10.2. The third-order valence-corrected chi connectivity index (χ3v) is 3.10. The number of nitrogens with zero attached hydrogens (tertiary/aromatic N) is 2. The molecule has 0 fully saturated rings.